The van der Waals surface area contributed by atoms with Crippen molar-refractivity contribution in [1.29, 1.82) is 0 Å². The smallest absolute Gasteiger partial charge is 0.271 e. The summed E-state index contributed by atoms with van der Waals surface area (Å²) in [6, 6.07) is 11.8. The Balaban J connectivity index is 2.10. The number of hydrogen-bond acceptors (Lipinski definition) is 5. The zero-order valence-electron chi connectivity index (χ0n) is 13.5. The zero-order chi connectivity index (χ0) is 18.0. The van der Waals surface area contributed by atoms with E-state index in [4.69, 9.17) is 0 Å². The van der Waals surface area contributed by atoms with Crippen LogP contribution in [0, 0.1) is 0 Å². The number of phenols is 1. The molecule has 0 atom stereocenters. The molecule has 0 aliphatic carbocycles. The monoisotopic (exact) mass is 375 g/mol. The first-order valence-electron chi connectivity index (χ1n) is 7.68. The maximum absolute atomic E-state index is 12.6. The summed E-state index contributed by atoms with van der Waals surface area (Å²) in [6.07, 6.45) is 0.628. The number of phenolic OH excluding ortho intramolecular Hbond substituents is 1. The van der Waals surface area contributed by atoms with Gasteiger partial charge in [0.25, 0.3) is 10.0 Å². The van der Waals surface area contributed by atoms with Gasteiger partial charge >= 0.3 is 0 Å². The Morgan fingerprint density at radius 1 is 1.16 bits per heavy atom. The fraction of sp³-hybridized carbons (Fsp3) is 0.167. The molecule has 25 heavy (non-hydrogen) atoms. The van der Waals surface area contributed by atoms with Gasteiger partial charge in [0, 0.05) is 17.2 Å². The second kappa shape index (κ2) is 6.85. The van der Waals surface area contributed by atoms with E-state index in [0.717, 1.165) is 11.3 Å². The van der Waals surface area contributed by atoms with Crippen molar-refractivity contribution in [3.05, 3.63) is 53.4 Å². The highest BCUT2D eigenvalue weighted by Crippen LogP contribution is 2.36. The average molecular weight is 375 g/mol. The van der Waals surface area contributed by atoms with Gasteiger partial charge in [0.2, 0.25) is 0 Å². The van der Waals surface area contributed by atoms with E-state index in [0.29, 0.717) is 28.4 Å². The minimum absolute atomic E-state index is 0.00766. The number of carbonyl (C=O) groups excluding carboxylic acids is 1. The Morgan fingerprint density at radius 3 is 2.52 bits per heavy atom. The van der Waals surface area contributed by atoms with Crippen LogP contribution in [0.4, 0.5) is 5.69 Å². The molecule has 0 bridgehead atoms. The van der Waals surface area contributed by atoms with Crippen molar-refractivity contribution in [2.24, 2.45) is 0 Å². The van der Waals surface area contributed by atoms with Crippen LogP contribution in [0.2, 0.25) is 0 Å². The molecule has 3 aromatic rings. The summed E-state index contributed by atoms with van der Waals surface area (Å²) < 4.78 is 27.9. The lowest BCUT2D eigenvalue weighted by molar-refractivity contribution is -0.116. The standard InChI is InChI=1S/C18H17NO4S2/c1-12(20)8-9-13-11-16(14-5-2-3-6-15(14)18(13)21)19-25(22,23)17-7-4-10-24-17/h2-7,10-11,19,21H,8-9H2,1H3. The van der Waals surface area contributed by atoms with Crippen molar-refractivity contribution < 1.29 is 18.3 Å². The summed E-state index contributed by atoms with van der Waals surface area (Å²) >= 11 is 1.13. The molecule has 0 unspecified atom stereocenters. The molecule has 1 aromatic heterocycles. The van der Waals surface area contributed by atoms with Crippen molar-refractivity contribution in [3.63, 3.8) is 0 Å². The van der Waals surface area contributed by atoms with E-state index in [-0.39, 0.29) is 22.2 Å². The first-order chi connectivity index (χ1) is 11.9. The molecule has 7 heteroatoms. The van der Waals surface area contributed by atoms with E-state index in [1.54, 1.807) is 41.8 Å². The molecule has 2 N–H and O–H groups in total. The number of sulfonamides is 1. The molecule has 130 valence electrons. The maximum Gasteiger partial charge on any atom is 0.271 e. The molecule has 0 saturated carbocycles. The zero-order valence-corrected chi connectivity index (χ0v) is 15.2. The Morgan fingerprint density at radius 2 is 1.88 bits per heavy atom. The third kappa shape index (κ3) is 3.67. The van der Waals surface area contributed by atoms with Crippen molar-refractivity contribution in [2.45, 2.75) is 24.0 Å². The molecule has 2 aromatic carbocycles. The molecule has 0 spiro atoms. The third-order valence-electron chi connectivity index (χ3n) is 3.85. The fourth-order valence-corrected chi connectivity index (χ4v) is 4.68. The number of anilines is 1. The maximum atomic E-state index is 12.6. The van der Waals surface area contributed by atoms with Gasteiger partial charge in [0.05, 0.1) is 5.69 Å². The number of hydrogen-bond donors (Lipinski definition) is 2. The number of thiophene rings is 1. The van der Waals surface area contributed by atoms with Crippen LogP contribution in [0.3, 0.4) is 0 Å². The molecular weight excluding hydrogens is 358 g/mol. The van der Waals surface area contributed by atoms with Gasteiger partial charge in [0.1, 0.15) is 15.7 Å². The van der Waals surface area contributed by atoms with Crippen molar-refractivity contribution in [3.8, 4) is 5.75 Å². The van der Waals surface area contributed by atoms with Crippen LogP contribution < -0.4 is 4.72 Å². The van der Waals surface area contributed by atoms with E-state index in [1.165, 1.54) is 13.0 Å². The third-order valence-corrected chi connectivity index (χ3v) is 6.61. The minimum atomic E-state index is -3.70. The molecule has 0 amide bonds. The number of Topliss-reactive ketones (excluding diaryl/α,β-unsaturated/α-hetero) is 1. The largest absolute Gasteiger partial charge is 0.507 e. The summed E-state index contributed by atoms with van der Waals surface area (Å²) in [5, 5.41) is 13.3. The van der Waals surface area contributed by atoms with Crippen LogP contribution in [0.5, 0.6) is 5.75 Å². The molecule has 0 aliphatic rings. The number of aromatic hydroxyl groups is 1. The van der Waals surface area contributed by atoms with Gasteiger partial charge in [-0.15, -0.1) is 11.3 Å². The summed E-state index contributed by atoms with van der Waals surface area (Å²) in [7, 11) is -3.70. The van der Waals surface area contributed by atoms with E-state index in [1.807, 2.05) is 0 Å². The molecule has 0 radical (unpaired) electrons. The van der Waals surface area contributed by atoms with Crippen LogP contribution in [0.1, 0.15) is 18.9 Å². The summed E-state index contributed by atoms with van der Waals surface area (Å²) in [5.41, 5.74) is 0.929. The van der Waals surface area contributed by atoms with Gasteiger partial charge in [-0.3, -0.25) is 4.72 Å². The molecule has 5 nitrogen and oxygen atoms in total. The van der Waals surface area contributed by atoms with Gasteiger partial charge in [0.15, 0.2) is 0 Å². The number of nitrogens with one attached hydrogen (secondary N) is 1. The predicted octanol–water partition coefficient (Wildman–Crippen LogP) is 3.93. The van der Waals surface area contributed by atoms with E-state index < -0.39 is 10.0 Å². The first-order valence-corrected chi connectivity index (χ1v) is 10.0. The normalized spacial score (nSPS) is 11.6. The molecule has 1 heterocycles. The lowest BCUT2D eigenvalue weighted by Gasteiger charge is -2.14. The Kier molecular flexibility index (Phi) is 4.78. The number of aryl methyl sites for hydroxylation is 1. The van der Waals surface area contributed by atoms with Gasteiger partial charge in [-0.1, -0.05) is 30.3 Å². The van der Waals surface area contributed by atoms with Gasteiger partial charge in [-0.25, -0.2) is 8.42 Å². The van der Waals surface area contributed by atoms with Crippen molar-refractivity contribution in [2.75, 3.05) is 4.72 Å². The molecule has 0 fully saturated rings. The van der Waals surface area contributed by atoms with Gasteiger partial charge in [-0.05, 0) is 36.4 Å². The summed E-state index contributed by atoms with van der Waals surface area (Å²) in [6.45, 7) is 1.48. The van der Waals surface area contributed by atoms with Crippen molar-refractivity contribution >= 4 is 43.6 Å². The predicted molar refractivity (Wildman–Crippen MR) is 99.7 cm³/mol. The second-order valence-electron chi connectivity index (χ2n) is 5.72. The van der Waals surface area contributed by atoms with Crippen LogP contribution in [-0.4, -0.2) is 19.3 Å². The van der Waals surface area contributed by atoms with E-state index in [9.17, 15) is 18.3 Å². The Labute approximate surface area is 150 Å². The molecule has 3 rings (SSSR count). The topological polar surface area (TPSA) is 83.5 Å². The fourth-order valence-electron chi connectivity index (χ4n) is 2.61. The first kappa shape index (κ1) is 17.4. The molecule has 0 aliphatic heterocycles. The van der Waals surface area contributed by atoms with Crippen LogP contribution >= 0.6 is 11.3 Å². The quantitative estimate of drug-likeness (QED) is 0.640. The van der Waals surface area contributed by atoms with Gasteiger partial charge in [-0.2, -0.15) is 0 Å². The number of ketones is 1. The van der Waals surface area contributed by atoms with Crippen molar-refractivity contribution in [1.82, 2.24) is 0 Å². The van der Waals surface area contributed by atoms with Crippen LogP contribution in [0.15, 0.2) is 52.1 Å². The number of carbonyl (C=O) groups is 1. The van der Waals surface area contributed by atoms with E-state index >= 15 is 0 Å². The number of benzene rings is 2. The highest BCUT2D eigenvalue weighted by Gasteiger charge is 2.19. The molecular formula is C18H17NO4S2. The Hall–Kier alpha value is -2.38. The highest BCUT2D eigenvalue weighted by molar-refractivity contribution is 7.94. The van der Waals surface area contributed by atoms with Gasteiger partial charge < -0.3 is 9.90 Å². The summed E-state index contributed by atoms with van der Waals surface area (Å²) in [5.74, 6) is 0.0872. The summed E-state index contributed by atoms with van der Waals surface area (Å²) in [4.78, 5) is 11.3. The number of rotatable bonds is 6. The Bertz CT molecular complexity index is 1020. The molecule has 0 saturated heterocycles. The lowest BCUT2D eigenvalue weighted by atomic mass is 10.00. The highest BCUT2D eigenvalue weighted by atomic mass is 32.2. The van der Waals surface area contributed by atoms with Crippen LogP contribution in [0.25, 0.3) is 10.8 Å². The number of fused-ring (bicyclic) bond motifs is 1. The lowest BCUT2D eigenvalue weighted by Crippen LogP contribution is -2.12. The van der Waals surface area contributed by atoms with Crippen LogP contribution in [-0.2, 0) is 21.2 Å². The SMILES string of the molecule is CC(=O)CCc1cc(NS(=O)(=O)c2cccs2)c2ccccc2c1O. The van der Waals surface area contributed by atoms with E-state index in [2.05, 4.69) is 4.72 Å². The second-order valence-corrected chi connectivity index (χ2v) is 8.57. The average Bonchev–Trinajstić information content (AvgIpc) is 3.11. The minimum Gasteiger partial charge on any atom is -0.507 e.